The Hall–Kier alpha value is -3.68. The summed E-state index contributed by atoms with van der Waals surface area (Å²) >= 11 is 0. The van der Waals surface area contributed by atoms with Gasteiger partial charge in [0.25, 0.3) is 11.8 Å². The van der Waals surface area contributed by atoms with Crippen LogP contribution in [0.15, 0.2) is 42.5 Å². The van der Waals surface area contributed by atoms with Crippen LogP contribution in [-0.2, 0) is 4.79 Å². The summed E-state index contributed by atoms with van der Waals surface area (Å²) in [4.78, 5) is 25.1. The number of hydrazine groups is 1. The molecule has 1 aromatic heterocycles. The maximum Gasteiger partial charge on any atom is 0.279 e. The van der Waals surface area contributed by atoms with E-state index in [9.17, 15) is 14.0 Å². The summed E-state index contributed by atoms with van der Waals surface area (Å²) in [5, 5.41) is 4.36. The number of carbonyl (C=O) groups excluding carboxylic acids is 2. The van der Waals surface area contributed by atoms with Crippen LogP contribution in [0.3, 0.4) is 0 Å². The third-order valence-corrected chi connectivity index (χ3v) is 5.12. The Kier molecular flexibility index (Phi) is 6.39. The second-order valence-electron chi connectivity index (χ2n) is 7.34. The quantitative estimate of drug-likeness (QED) is 0.614. The number of aryl methyl sites for hydroxylation is 2. The van der Waals surface area contributed by atoms with Gasteiger partial charge in [-0.05, 0) is 76.1 Å². The van der Waals surface area contributed by atoms with Gasteiger partial charge in [0, 0.05) is 0 Å². The molecule has 3 rings (SSSR count). The Morgan fingerprint density at radius 2 is 1.71 bits per heavy atom. The van der Waals surface area contributed by atoms with Gasteiger partial charge in [0.1, 0.15) is 11.6 Å². The number of hydrogen-bond acceptors (Lipinski definition) is 4. The van der Waals surface area contributed by atoms with Crippen LogP contribution < -0.4 is 15.6 Å². The number of aromatic nitrogens is 2. The van der Waals surface area contributed by atoms with Crippen molar-refractivity contribution >= 4 is 11.8 Å². The van der Waals surface area contributed by atoms with Crippen molar-refractivity contribution in [3.63, 3.8) is 0 Å². The van der Waals surface area contributed by atoms with E-state index in [0.29, 0.717) is 28.4 Å². The van der Waals surface area contributed by atoms with Crippen molar-refractivity contribution in [2.75, 3.05) is 0 Å². The van der Waals surface area contributed by atoms with E-state index in [1.165, 1.54) is 12.1 Å². The minimum atomic E-state index is -0.815. The number of nitrogens with one attached hydrogen (secondary N) is 2. The molecule has 2 N–H and O–H groups in total. The first-order valence-corrected chi connectivity index (χ1v) is 9.84. The lowest BCUT2D eigenvalue weighted by atomic mass is 10.1. The summed E-state index contributed by atoms with van der Waals surface area (Å²) in [6.45, 7) is 8.90. The van der Waals surface area contributed by atoms with Crippen LogP contribution in [-0.4, -0.2) is 27.7 Å². The van der Waals surface area contributed by atoms with E-state index in [0.717, 1.165) is 11.1 Å². The topological polar surface area (TPSA) is 85.2 Å². The van der Waals surface area contributed by atoms with Crippen LogP contribution in [0.2, 0.25) is 0 Å². The van der Waals surface area contributed by atoms with Crippen LogP contribution >= 0.6 is 0 Å². The molecule has 0 fully saturated rings. The first-order chi connectivity index (χ1) is 14.7. The van der Waals surface area contributed by atoms with E-state index in [2.05, 4.69) is 16.0 Å². The molecule has 0 spiro atoms. The van der Waals surface area contributed by atoms with Crippen molar-refractivity contribution in [2.24, 2.45) is 0 Å². The van der Waals surface area contributed by atoms with Crippen LogP contribution in [0.4, 0.5) is 4.39 Å². The SMILES string of the molecule is Cc1cccc(OC(C)C(=O)NNC(=O)c2c(C)nn(-c3ccc(F)cc3)c2C)c1C. The fraction of sp³-hybridized carbons (Fsp3) is 0.261. The highest BCUT2D eigenvalue weighted by Crippen LogP contribution is 2.22. The van der Waals surface area contributed by atoms with Gasteiger partial charge in [0.05, 0.1) is 22.6 Å². The standard InChI is InChI=1S/C23H25FN4O3/c1-13-7-6-8-20(14(13)2)31-17(5)22(29)25-26-23(30)21-15(3)27-28(16(21)4)19-11-9-18(24)10-12-19/h6-12,17H,1-5H3,(H,25,29)(H,26,30). The normalized spacial score (nSPS) is 11.7. The van der Waals surface area contributed by atoms with E-state index < -0.39 is 17.9 Å². The lowest BCUT2D eigenvalue weighted by Gasteiger charge is -2.17. The average Bonchev–Trinajstić information content (AvgIpc) is 3.04. The molecule has 0 aliphatic heterocycles. The van der Waals surface area contributed by atoms with Crippen molar-refractivity contribution in [3.05, 3.63) is 76.4 Å². The van der Waals surface area contributed by atoms with Crippen LogP contribution in [0, 0.1) is 33.5 Å². The Bertz CT molecular complexity index is 1120. The molecule has 2 aromatic carbocycles. The van der Waals surface area contributed by atoms with Gasteiger partial charge in [-0.15, -0.1) is 0 Å². The smallest absolute Gasteiger partial charge is 0.279 e. The van der Waals surface area contributed by atoms with Crippen molar-refractivity contribution in [2.45, 2.75) is 40.7 Å². The minimum Gasteiger partial charge on any atom is -0.481 e. The molecule has 0 radical (unpaired) electrons. The molecular formula is C23H25FN4O3. The Labute approximate surface area is 180 Å². The summed E-state index contributed by atoms with van der Waals surface area (Å²) in [5.41, 5.74) is 8.82. The molecule has 7 nitrogen and oxygen atoms in total. The molecule has 8 heteroatoms. The van der Waals surface area contributed by atoms with Crippen molar-refractivity contribution < 1.29 is 18.7 Å². The Morgan fingerprint density at radius 3 is 2.39 bits per heavy atom. The molecule has 1 atom stereocenters. The number of ether oxygens (including phenoxy) is 1. The third-order valence-electron chi connectivity index (χ3n) is 5.12. The highest BCUT2D eigenvalue weighted by atomic mass is 19.1. The first-order valence-electron chi connectivity index (χ1n) is 9.84. The maximum atomic E-state index is 13.2. The molecule has 0 bridgehead atoms. The molecule has 0 aliphatic rings. The molecule has 0 saturated carbocycles. The lowest BCUT2D eigenvalue weighted by molar-refractivity contribution is -0.128. The summed E-state index contributed by atoms with van der Waals surface area (Å²) < 4.78 is 20.5. The van der Waals surface area contributed by atoms with Gasteiger partial charge in [0.2, 0.25) is 0 Å². The highest BCUT2D eigenvalue weighted by Gasteiger charge is 2.22. The maximum absolute atomic E-state index is 13.2. The molecule has 1 heterocycles. The van der Waals surface area contributed by atoms with Gasteiger partial charge in [-0.3, -0.25) is 20.4 Å². The number of amides is 2. The number of benzene rings is 2. The van der Waals surface area contributed by atoms with Gasteiger partial charge >= 0.3 is 0 Å². The third kappa shape index (κ3) is 4.74. The van der Waals surface area contributed by atoms with Crippen LogP contribution in [0.25, 0.3) is 5.69 Å². The van der Waals surface area contributed by atoms with Crippen LogP contribution in [0.5, 0.6) is 5.75 Å². The summed E-state index contributed by atoms with van der Waals surface area (Å²) in [6, 6.07) is 11.4. The summed E-state index contributed by atoms with van der Waals surface area (Å²) in [5.74, 6) is -0.740. The molecule has 1 unspecified atom stereocenters. The van der Waals surface area contributed by atoms with Crippen molar-refractivity contribution in [1.29, 1.82) is 0 Å². The fourth-order valence-electron chi connectivity index (χ4n) is 3.18. The monoisotopic (exact) mass is 424 g/mol. The number of carbonyl (C=O) groups is 2. The van der Waals surface area contributed by atoms with Crippen LogP contribution in [0.1, 0.15) is 39.8 Å². The van der Waals surface area contributed by atoms with E-state index in [1.807, 2.05) is 26.0 Å². The second-order valence-corrected chi connectivity index (χ2v) is 7.34. The molecule has 31 heavy (non-hydrogen) atoms. The fourth-order valence-corrected chi connectivity index (χ4v) is 3.18. The van der Waals surface area contributed by atoms with E-state index in [1.54, 1.807) is 43.7 Å². The number of hydrogen-bond donors (Lipinski definition) is 2. The molecule has 162 valence electrons. The molecule has 0 aliphatic carbocycles. The van der Waals surface area contributed by atoms with Gasteiger partial charge in [-0.25, -0.2) is 9.07 Å². The summed E-state index contributed by atoms with van der Waals surface area (Å²) in [6.07, 6.45) is -0.815. The largest absolute Gasteiger partial charge is 0.481 e. The van der Waals surface area contributed by atoms with E-state index >= 15 is 0 Å². The van der Waals surface area contributed by atoms with E-state index in [4.69, 9.17) is 4.74 Å². The van der Waals surface area contributed by atoms with Gasteiger partial charge in [0.15, 0.2) is 6.10 Å². The highest BCUT2D eigenvalue weighted by molar-refractivity contribution is 5.97. The Balaban J connectivity index is 1.67. The van der Waals surface area contributed by atoms with Crippen molar-refractivity contribution in [3.8, 4) is 11.4 Å². The van der Waals surface area contributed by atoms with Gasteiger partial charge in [-0.2, -0.15) is 5.10 Å². The average molecular weight is 424 g/mol. The predicted octanol–water partition coefficient (Wildman–Crippen LogP) is 3.47. The zero-order valence-electron chi connectivity index (χ0n) is 18.1. The predicted molar refractivity (Wildman–Crippen MR) is 115 cm³/mol. The number of rotatable bonds is 5. The molecule has 2 amide bonds. The van der Waals surface area contributed by atoms with Crippen molar-refractivity contribution in [1.82, 2.24) is 20.6 Å². The zero-order chi connectivity index (χ0) is 22.7. The molecule has 3 aromatic rings. The summed E-state index contributed by atoms with van der Waals surface area (Å²) in [7, 11) is 0. The van der Waals surface area contributed by atoms with Gasteiger partial charge < -0.3 is 4.74 Å². The Morgan fingerprint density at radius 1 is 1.03 bits per heavy atom. The first kappa shape index (κ1) is 22.0. The lowest BCUT2D eigenvalue weighted by Crippen LogP contribution is -2.47. The molecule has 0 saturated heterocycles. The second kappa shape index (κ2) is 8.99. The van der Waals surface area contributed by atoms with E-state index in [-0.39, 0.29) is 5.82 Å². The molecular weight excluding hydrogens is 399 g/mol. The minimum absolute atomic E-state index is 0.327. The number of halogens is 1. The zero-order valence-corrected chi connectivity index (χ0v) is 18.1. The number of nitrogens with zero attached hydrogens (tertiary/aromatic N) is 2. The van der Waals surface area contributed by atoms with Gasteiger partial charge in [-0.1, -0.05) is 12.1 Å².